The molecule has 0 spiro atoms. The van der Waals surface area contributed by atoms with Crippen LogP contribution in [0.3, 0.4) is 0 Å². The molecule has 246 valence electrons. The second kappa shape index (κ2) is 11.8. The van der Waals surface area contributed by atoms with E-state index in [9.17, 15) is 37.1 Å². The maximum atomic E-state index is 13.6. The average molecular weight is 688 g/mol. The zero-order chi connectivity index (χ0) is 33.2. The molecule has 0 radical (unpaired) electrons. The molecule has 7 atom stereocenters. The van der Waals surface area contributed by atoms with Crippen LogP contribution >= 0.6 is 23.1 Å². The topological polar surface area (TPSA) is 146 Å². The Labute approximate surface area is 273 Å². The number of anilines is 1. The number of aromatic nitrogens is 1. The fraction of sp³-hybridized carbons (Fsp3) is 0.406. The molecule has 1 saturated heterocycles. The predicted octanol–water partition coefficient (Wildman–Crippen LogP) is 4.81. The second-order valence-corrected chi connectivity index (χ2v) is 14.5. The molecule has 3 heterocycles. The molecular formula is C32H28F3N3O7S2. The van der Waals surface area contributed by atoms with Crippen molar-refractivity contribution in [2.45, 2.75) is 41.6 Å². The van der Waals surface area contributed by atoms with Crippen molar-refractivity contribution in [1.82, 2.24) is 9.88 Å². The number of thioether (sulfide) groups is 1. The summed E-state index contributed by atoms with van der Waals surface area (Å²) in [4.78, 5) is 68.1. The summed E-state index contributed by atoms with van der Waals surface area (Å²) in [6, 6.07) is 11.4. The Bertz CT molecular complexity index is 1840. The number of hydrogen-bond donors (Lipinski definition) is 3. The number of aromatic amines is 1. The molecular weight excluding hydrogens is 659 g/mol. The van der Waals surface area contributed by atoms with E-state index in [2.05, 4.69) is 10.3 Å². The number of carboxylic acid groups (broad SMARTS) is 1. The number of fused-ring (bicyclic) bond motifs is 9. The fourth-order valence-corrected chi connectivity index (χ4v) is 10.9. The number of carbonyl (C=O) groups is 4. The van der Waals surface area contributed by atoms with Gasteiger partial charge in [0.05, 0.1) is 22.4 Å². The summed E-state index contributed by atoms with van der Waals surface area (Å²) in [6.45, 7) is -0.387. The summed E-state index contributed by atoms with van der Waals surface area (Å²) < 4.78 is 45.0. The minimum Gasteiger partial charge on any atom is -0.484 e. The van der Waals surface area contributed by atoms with Crippen molar-refractivity contribution in [1.29, 1.82) is 0 Å². The van der Waals surface area contributed by atoms with Gasteiger partial charge in [-0.2, -0.15) is 13.2 Å². The van der Waals surface area contributed by atoms with Crippen LogP contribution in [0.4, 0.5) is 18.9 Å². The zero-order valence-corrected chi connectivity index (χ0v) is 26.1. The van der Waals surface area contributed by atoms with Crippen molar-refractivity contribution in [2.75, 3.05) is 18.5 Å². The minimum absolute atomic E-state index is 0.0159. The van der Waals surface area contributed by atoms with Gasteiger partial charge in [-0.15, -0.1) is 11.8 Å². The van der Waals surface area contributed by atoms with Crippen molar-refractivity contribution in [3.8, 4) is 5.75 Å². The third kappa shape index (κ3) is 5.62. The number of carboxylic acids is 1. The van der Waals surface area contributed by atoms with Crippen LogP contribution in [0.25, 0.3) is 0 Å². The number of aliphatic carboxylic acids is 1. The molecule has 2 aromatic carbocycles. The number of thiazole rings is 1. The van der Waals surface area contributed by atoms with Crippen LogP contribution in [0.15, 0.2) is 58.4 Å². The molecule has 3 fully saturated rings. The van der Waals surface area contributed by atoms with Gasteiger partial charge in [0.15, 0.2) is 6.61 Å². The molecule has 2 bridgehead atoms. The van der Waals surface area contributed by atoms with E-state index in [0.29, 0.717) is 12.2 Å². The SMILES string of the molecule is O=C(O)CCCN1C(=O)C2C3CC(C2C1=O)C1C3Sc2[nH]c(=O)sc2[C@@H]1c1cccc(OCC(=O)Nc2cccc(C(F)(F)F)c2)c1. The van der Waals surface area contributed by atoms with E-state index < -0.39 is 42.1 Å². The highest BCUT2D eigenvalue weighted by Crippen LogP contribution is 2.68. The predicted molar refractivity (Wildman–Crippen MR) is 164 cm³/mol. The lowest BCUT2D eigenvalue weighted by atomic mass is 9.68. The van der Waals surface area contributed by atoms with E-state index in [-0.39, 0.29) is 70.7 Å². The van der Waals surface area contributed by atoms with Crippen molar-refractivity contribution in [2.24, 2.45) is 29.6 Å². The maximum absolute atomic E-state index is 13.6. The smallest absolute Gasteiger partial charge is 0.416 e. The highest BCUT2D eigenvalue weighted by Gasteiger charge is 2.69. The third-order valence-corrected chi connectivity index (χ3v) is 12.2. The number of halogens is 3. The Kier molecular flexibility index (Phi) is 7.94. The van der Waals surface area contributed by atoms with Crippen LogP contribution in [0.1, 0.15) is 41.2 Å². The van der Waals surface area contributed by atoms with Crippen LogP contribution in [-0.4, -0.2) is 57.1 Å². The summed E-state index contributed by atoms with van der Waals surface area (Å²) >= 11 is 2.65. The molecule has 4 aliphatic rings. The Balaban J connectivity index is 1.12. The summed E-state index contributed by atoms with van der Waals surface area (Å²) in [7, 11) is 0. The van der Waals surface area contributed by atoms with Gasteiger partial charge >= 0.3 is 17.0 Å². The van der Waals surface area contributed by atoms with E-state index in [1.165, 1.54) is 17.0 Å². The first-order chi connectivity index (χ1) is 22.4. The van der Waals surface area contributed by atoms with Gasteiger partial charge in [-0.3, -0.25) is 28.9 Å². The molecule has 2 aliphatic carbocycles. The van der Waals surface area contributed by atoms with E-state index in [0.717, 1.165) is 38.9 Å². The van der Waals surface area contributed by atoms with Gasteiger partial charge in [0.25, 0.3) is 5.91 Å². The van der Waals surface area contributed by atoms with E-state index in [1.54, 1.807) is 30.0 Å². The molecule has 3 N–H and O–H groups in total. The van der Waals surface area contributed by atoms with Gasteiger partial charge in [-0.05, 0) is 66.5 Å². The summed E-state index contributed by atoms with van der Waals surface area (Å²) in [5, 5.41) is 12.1. The van der Waals surface area contributed by atoms with Gasteiger partial charge in [0, 0.05) is 34.7 Å². The Morgan fingerprint density at radius 3 is 2.53 bits per heavy atom. The first kappa shape index (κ1) is 31.5. The number of likely N-dealkylation sites (tertiary alicyclic amines) is 1. The fourth-order valence-electron chi connectivity index (χ4n) is 7.98. The second-order valence-electron chi connectivity index (χ2n) is 12.3. The van der Waals surface area contributed by atoms with Gasteiger partial charge in [0.2, 0.25) is 11.8 Å². The Morgan fingerprint density at radius 1 is 1.04 bits per heavy atom. The van der Waals surface area contributed by atoms with Crippen LogP contribution < -0.4 is 14.9 Å². The molecule has 1 aromatic heterocycles. The lowest BCUT2D eigenvalue weighted by molar-refractivity contribution is -0.142. The van der Waals surface area contributed by atoms with Gasteiger partial charge < -0.3 is 20.1 Å². The molecule has 3 aromatic rings. The monoisotopic (exact) mass is 687 g/mol. The van der Waals surface area contributed by atoms with Gasteiger partial charge in [-0.1, -0.05) is 29.5 Å². The Morgan fingerprint density at radius 2 is 1.79 bits per heavy atom. The zero-order valence-electron chi connectivity index (χ0n) is 24.5. The van der Waals surface area contributed by atoms with Crippen molar-refractivity contribution < 1.29 is 42.2 Å². The van der Waals surface area contributed by atoms with Crippen molar-refractivity contribution >= 4 is 52.5 Å². The van der Waals surface area contributed by atoms with E-state index in [4.69, 9.17) is 9.84 Å². The number of nitrogens with zero attached hydrogens (tertiary/aromatic N) is 1. The largest absolute Gasteiger partial charge is 0.484 e. The first-order valence-electron chi connectivity index (χ1n) is 15.1. The van der Waals surface area contributed by atoms with Crippen LogP contribution in [0.5, 0.6) is 5.75 Å². The highest BCUT2D eigenvalue weighted by molar-refractivity contribution is 8.00. The number of ether oxygens (including phenoxy) is 1. The van der Waals surface area contributed by atoms with Crippen LogP contribution in [-0.2, 0) is 25.4 Å². The Hall–Kier alpha value is -4.11. The highest BCUT2D eigenvalue weighted by atomic mass is 32.2. The van der Waals surface area contributed by atoms with Crippen LogP contribution in [0, 0.1) is 29.6 Å². The minimum atomic E-state index is -4.55. The van der Waals surface area contributed by atoms with Crippen molar-refractivity contribution in [3.05, 3.63) is 74.2 Å². The van der Waals surface area contributed by atoms with Gasteiger partial charge in [0.1, 0.15) is 5.75 Å². The number of imide groups is 1. The van der Waals surface area contributed by atoms with E-state index in [1.807, 2.05) is 6.07 Å². The molecule has 6 unspecified atom stereocenters. The molecule has 2 aliphatic heterocycles. The molecule has 47 heavy (non-hydrogen) atoms. The first-order valence-corrected chi connectivity index (χ1v) is 16.8. The number of hydrogen-bond acceptors (Lipinski definition) is 8. The molecule has 15 heteroatoms. The summed E-state index contributed by atoms with van der Waals surface area (Å²) in [5.74, 6) is -3.32. The standard InChI is InChI=1S/C32H28F3N3O7S2/c33-32(34,35)15-5-2-6-16(11-15)36-20(39)13-45-17-7-1-4-14(10-17)22-23-18-12-19(26(23)46-28-27(22)47-31(44)37-28)25-24(18)29(42)38(30(25)43)9-3-8-21(40)41/h1-2,4-7,10-11,18-19,22-26H,3,8-9,12-13H2,(H,36,39)(H,37,44)(H,40,41)/t18?,19?,22-,23?,24?,25?,26?/m1/s1. The quantitative estimate of drug-likeness (QED) is 0.272. The molecule has 7 rings (SSSR count). The lowest BCUT2D eigenvalue weighted by Crippen LogP contribution is -2.42. The lowest BCUT2D eigenvalue weighted by Gasteiger charge is -2.43. The van der Waals surface area contributed by atoms with E-state index >= 15 is 0 Å². The summed E-state index contributed by atoms with van der Waals surface area (Å²) in [6.07, 6.45) is -3.81. The summed E-state index contributed by atoms with van der Waals surface area (Å²) in [5.41, 5.74) is -0.0923. The van der Waals surface area contributed by atoms with Gasteiger partial charge in [-0.25, -0.2) is 0 Å². The number of benzene rings is 2. The number of amides is 3. The number of carbonyl (C=O) groups excluding carboxylic acids is 3. The third-order valence-electron chi connectivity index (χ3n) is 9.65. The number of nitrogens with one attached hydrogen (secondary N) is 2. The number of H-pyrrole nitrogens is 1. The molecule has 3 amide bonds. The number of rotatable bonds is 9. The maximum Gasteiger partial charge on any atom is 0.416 e. The van der Waals surface area contributed by atoms with Crippen LogP contribution in [0.2, 0.25) is 0 Å². The number of alkyl halides is 3. The average Bonchev–Trinajstić information content (AvgIpc) is 3.75. The molecule has 2 saturated carbocycles. The van der Waals surface area contributed by atoms with Crippen molar-refractivity contribution in [3.63, 3.8) is 0 Å². The normalized spacial score (nSPS) is 27.4. The molecule has 10 nitrogen and oxygen atoms in total.